The van der Waals surface area contributed by atoms with Crippen LogP contribution in [0.5, 0.6) is 17.2 Å². The lowest BCUT2D eigenvalue weighted by molar-refractivity contribution is -0.130. The number of phenols is 1. The third kappa shape index (κ3) is 3.02. The number of hydrogen-bond donors (Lipinski definition) is 1. The number of carbonyl (C=O) groups is 1. The van der Waals surface area contributed by atoms with Crippen LogP contribution >= 0.6 is 0 Å². The number of aromatic hydroxyl groups is 1. The third-order valence-electron chi connectivity index (χ3n) is 1.78. The molecule has 0 radical (unpaired) electrons. The molecule has 0 aliphatic rings. The van der Waals surface area contributed by atoms with Gasteiger partial charge in [-0.2, -0.15) is 0 Å². The van der Waals surface area contributed by atoms with Crippen LogP contribution < -0.4 is 9.47 Å². The highest BCUT2D eigenvalue weighted by Gasteiger charge is 2.11. The van der Waals surface area contributed by atoms with Crippen LogP contribution in [0.1, 0.15) is 13.8 Å². The van der Waals surface area contributed by atoms with E-state index in [4.69, 9.17) is 9.47 Å². The van der Waals surface area contributed by atoms with Gasteiger partial charge in [0, 0.05) is 11.6 Å². The first-order valence-electron chi connectivity index (χ1n) is 4.88. The summed E-state index contributed by atoms with van der Waals surface area (Å²) < 4.78 is 10.3. The molecule has 4 nitrogen and oxygen atoms in total. The van der Waals surface area contributed by atoms with Gasteiger partial charge in [-0.25, -0.2) is 4.79 Å². The Bertz CT molecular complexity index is 409. The highest BCUT2D eigenvalue weighted by molar-refractivity contribution is 5.89. The van der Waals surface area contributed by atoms with Gasteiger partial charge in [0.25, 0.3) is 0 Å². The van der Waals surface area contributed by atoms with E-state index in [1.54, 1.807) is 13.8 Å². The molecule has 0 heterocycles. The van der Waals surface area contributed by atoms with Crippen LogP contribution in [0.2, 0.25) is 0 Å². The molecular formula is C12H14O4. The van der Waals surface area contributed by atoms with Crippen molar-refractivity contribution in [3.8, 4) is 17.2 Å². The Morgan fingerprint density at radius 2 is 2.12 bits per heavy atom. The lowest BCUT2D eigenvalue weighted by atomic mass is 10.3. The van der Waals surface area contributed by atoms with E-state index in [-0.39, 0.29) is 11.5 Å². The third-order valence-corrected chi connectivity index (χ3v) is 1.78. The van der Waals surface area contributed by atoms with Gasteiger partial charge >= 0.3 is 5.97 Å². The van der Waals surface area contributed by atoms with E-state index in [0.717, 1.165) is 0 Å². The van der Waals surface area contributed by atoms with Crippen molar-refractivity contribution in [1.29, 1.82) is 0 Å². The van der Waals surface area contributed by atoms with Crippen molar-refractivity contribution >= 4 is 5.97 Å². The topological polar surface area (TPSA) is 55.8 Å². The number of hydrogen-bond acceptors (Lipinski definition) is 4. The van der Waals surface area contributed by atoms with E-state index in [2.05, 4.69) is 6.58 Å². The monoisotopic (exact) mass is 222 g/mol. The van der Waals surface area contributed by atoms with Crippen molar-refractivity contribution in [1.82, 2.24) is 0 Å². The Morgan fingerprint density at radius 3 is 2.69 bits per heavy atom. The summed E-state index contributed by atoms with van der Waals surface area (Å²) in [5, 5.41) is 9.27. The molecule has 0 bridgehead atoms. The average molecular weight is 222 g/mol. The van der Waals surface area contributed by atoms with Gasteiger partial charge in [0.15, 0.2) is 11.5 Å². The van der Waals surface area contributed by atoms with E-state index in [0.29, 0.717) is 17.9 Å². The van der Waals surface area contributed by atoms with Gasteiger partial charge in [0.1, 0.15) is 5.75 Å². The summed E-state index contributed by atoms with van der Waals surface area (Å²) in [5.41, 5.74) is 0.301. The number of rotatable bonds is 4. The summed E-state index contributed by atoms with van der Waals surface area (Å²) in [6.07, 6.45) is 0. The molecule has 0 unspecified atom stereocenters. The minimum Gasteiger partial charge on any atom is -0.508 e. The molecular weight excluding hydrogens is 208 g/mol. The van der Waals surface area contributed by atoms with Crippen LogP contribution in [-0.2, 0) is 4.79 Å². The first-order valence-corrected chi connectivity index (χ1v) is 4.88. The molecule has 1 N–H and O–H groups in total. The predicted octanol–water partition coefficient (Wildman–Crippen LogP) is 2.27. The number of esters is 1. The molecule has 0 saturated heterocycles. The predicted molar refractivity (Wildman–Crippen MR) is 59.7 cm³/mol. The quantitative estimate of drug-likeness (QED) is 0.482. The van der Waals surface area contributed by atoms with E-state index >= 15 is 0 Å². The summed E-state index contributed by atoms with van der Waals surface area (Å²) in [6.45, 7) is 7.26. The highest BCUT2D eigenvalue weighted by Crippen LogP contribution is 2.31. The van der Waals surface area contributed by atoms with E-state index in [1.807, 2.05) is 0 Å². The van der Waals surface area contributed by atoms with Crippen LogP contribution in [0, 0.1) is 0 Å². The van der Waals surface area contributed by atoms with Crippen LogP contribution in [0.4, 0.5) is 0 Å². The largest absolute Gasteiger partial charge is 0.508 e. The van der Waals surface area contributed by atoms with Crippen molar-refractivity contribution in [3.63, 3.8) is 0 Å². The fourth-order valence-electron chi connectivity index (χ4n) is 1.04. The molecule has 0 aliphatic heterocycles. The smallest absolute Gasteiger partial charge is 0.338 e. The number of ether oxygens (including phenoxy) is 2. The molecule has 0 fully saturated rings. The number of phenolic OH excluding ortho intramolecular Hbond substituents is 1. The van der Waals surface area contributed by atoms with Gasteiger partial charge in [-0.1, -0.05) is 6.58 Å². The molecule has 0 saturated carbocycles. The van der Waals surface area contributed by atoms with Gasteiger partial charge in [-0.05, 0) is 26.0 Å². The Hall–Kier alpha value is -1.97. The first kappa shape index (κ1) is 12.1. The van der Waals surface area contributed by atoms with Gasteiger partial charge < -0.3 is 14.6 Å². The maximum absolute atomic E-state index is 11.3. The molecule has 0 spiro atoms. The summed E-state index contributed by atoms with van der Waals surface area (Å²) in [7, 11) is 0. The number of carbonyl (C=O) groups excluding carboxylic acids is 1. The fourth-order valence-corrected chi connectivity index (χ4v) is 1.04. The summed E-state index contributed by atoms with van der Waals surface area (Å²) in [6, 6.07) is 4.29. The standard InChI is InChI=1S/C12H14O4/c1-4-15-11-7-9(13)5-6-10(11)16-12(14)8(2)3/h5-7,13H,2,4H2,1,3H3. The van der Waals surface area contributed by atoms with Gasteiger partial charge in [-0.15, -0.1) is 0 Å². The zero-order valence-corrected chi connectivity index (χ0v) is 9.32. The normalized spacial score (nSPS) is 9.62. The van der Waals surface area contributed by atoms with E-state index in [1.165, 1.54) is 18.2 Å². The minimum atomic E-state index is -0.522. The van der Waals surface area contributed by atoms with Crippen molar-refractivity contribution in [3.05, 3.63) is 30.4 Å². The molecule has 4 heteroatoms. The fraction of sp³-hybridized carbons (Fsp3) is 0.250. The zero-order valence-electron chi connectivity index (χ0n) is 9.32. The van der Waals surface area contributed by atoms with Crippen LogP contribution in [0.15, 0.2) is 30.4 Å². The first-order chi connectivity index (χ1) is 7.54. The second-order valence-corrected chi connectivity index (χ2v) is 3.23. The Balaban J connectivity index is 2.94. The highest BCUT2D eigenvalue weighted by atomic mass is 16.6. The molecule has 86 valence electrons. The Kier molecular flexibility index (Phi) is 3.94. The maximum atomic E-state index is 11.3. The maximum Gasteiger partial charge on any atom is 0.338 e. The summed E-state index contributed by atoms with van der Waals surface area (Å²) >= 11 is 0. The number of benzene rings is 1. The summed E-state index contributed by atoms with van der Waals surface area (Å²) in [5.74, 6) is 0.134. The molecule has 0 amide bonds. The van der Waals surface area contributed by atoms with Crippen molar-refractivity contribution in [2.45, 2.75) is 13.8 Å². The van der Waals surface area contributed by atoms with Crippen LogP contribution in [-0.4, -0.2) is 17.7 Å². The van der Waals surface area contributed by atoms with E-state index in [9.17, 15) is 9.90 Å². The molecule has 0 atom stereocenters. The van der Waals surface area contributed by atoms with Gasteiger partial charge in [-0.3, -0.25) is 0 Å². The van der Waals surface area contributed by atoms with E-state index < -0.39 is 5.97 Å². The van der Waals surface area contributed by atoms with Crippen LogP contribution in [0.3, 0.4) is 0 Å². The molecule has 0 aliphatic carbocycles. The zero-order chi connectivity index (χ0) is 12.1. The molecule has 0 aromatic heterocycles. The van der Waals surface area contributed by atoms with Crippen molar-refractivity contribution < 1.29 is 19.4 Å². The molecule has 16 heavy (non-hydrogen) atoms. The Morgan fingerprint density at radius 1 is 1.44 bits per heavy atom. The second-order valence-electron chi connectivity index (χ2n) is 3.23. The lowest BCUT2D eigenvalue weighted by Gasteiger charge is -2.10. The van der Waals surface area contributed by atoms with Crippen LogP contribution in [0.25, 0.3) is 0 Å². The molecule has 1 rings (SSSR count). The molecule has 1 aromatic rings. The Labute approximate surface area is 94.1 Å². The second kappa shape index (κ2) is 5.21. The minimum absolute atomic E-state index is 0.0542. The average Bonchev–Trinajstić information content (AvgIpc) is 2.22. The molecule has 1 aromatic carbocycles. The van der Waals surface area contributed by atoms with Gasteiger partial charge in [0.05, 0.1) is 6.61 Å². The van der Waals surface area contributed by atoms with Crippen molar-refractivity contribution in [2.75, 3.05) is 6.61 Å². The van der Waals surface area contributed by atoms with Gasteiger partial charge in [0.2, 0.25) is 0 Å². The lowest BCUT2D eigenvalue weighted by Crippen LogP contribution is -2.09. The van der Waals surface area contributed by atoms with Crippen molar-refractivity contribution in [2.24, 2.45) is 0 Å². The SMILES string of the molecule is C=C(C)C(=O)Oc1ccc(O)cc1OCC. The summed E-state index contributed by atoms with van der Waals surface area (Å²) in [4.78, 5) is 11.3.